The Hall–Kier alpha value is -3.19. The topological polar surface area (TPSA) is 75.3 Å². The van der Waals surface area contributed by atoms with E-state index in [1.807, 2.05) is 0 Å². The van der Waals surface area contributed by atoms with Crippen LogP contribution in [0.1, 0.15) is 15.9 Å². The normalized spacial score (nSPS) is 11.0. The van der Waals surface area contributed by atoms with Crippen LogP contribution in [0.3, 0.4) is 0 Å². The molecule has 2 N–H and O–H groups in total. The fourth-order valence-electron chi connectivity index (χ4n) is 2.61. The maximum Gasteiger partial charge on any atom is 0.261 e. The predicted molar refractivity (Wildman–Crippen MR) is 106 cm³/mol. The van der Waals surface area contributed by atoms with Crippen LogP contribution in [-0.4, -0.2) is 20.9 Å². The first kappa shape index (κ1) is 19.6. The van der Waals surface area contributed by atoms with Gasteiger partial charge >= 0.3 is 0 Å². The molecule has 0 aliphatic carbocycles. The Kier molecular flexibility index (Phi) is 6.06. The highest BCUT2D eigenvalue weighted by atomic mass is 32.2. The number of benzene rings is 3. The number of anilines is 1. The number of sulfonamides is 1. The predicted octanol–water partition coefficient (Wildman–Crippen LogP) is 3.60. The molecule has 0 aromatic heterocycles. The molecule has 0 bridgehead atoms. The monoisotopic (exact) mass is 398 g/mol. The minimum atomic E-state index is -3.72. The summed E-state index contributed by atoms with van der Waals surface area (Å²) in [6.07, 6.45) is 0.562. The lowest BCUT2D eigenvalue weighted by Gasteiger charge is -2.10. The highest BCUT2D eigenvalue weighted by Crippen LogP contribution is 2.17. The molecular weight excluding hydrogens is 379 g/mol. The van der Waals surface area contributed by atoms with Gasteiger partial charge in [-0.15, -0.1) is 0 Å². The molecule has 28 heavy (non-hydrogen) atoms. The number of halogens is 1. The molecule has 1 amide bonds. The van der Waals surface area contributed by atoms with E-state index in [2.05, 4.69) is 10.0 Å². The minimum Gasteiger partial charge on any atom is -0.352 e. The van der Waals surface area contributed by atoms with E-state index in [9.17, 15) is 17.6 Å². The zero-order valence-corrected chi connectivity index (χ0v) is 15.7. The van der Waals surface area contributed by atoms with Gasteiger partial charge in [0.05, 0.1) is 4.90 Å². The SMILES string of the molecule is O=C(NCCc1ccc(F)cc1)c1cccc(NS(=O)(=O)c2ccccc2)c1. The van der Waals surface area contributed by atoms with Crippen molar-refractivity contribution in [2.45, 2.75) is 11.3 Å². The van der Waals surface area contributed by atoms with Crippen LogP contribution >= 0.6 is 0 Å². The van der Waals surface area contributed by atoms with Crippen molar-refractivity contribution in [2.75, 3.05) is 11.3 Å². The van der Waals surface area contributed by atoms with E-state index in [4.69, 9.17) is 0 Å². The lowest BCUT2D eigenvalue weighted by Crippen LogP contribution is -2.25. The molecule has 5 nitrogen and oxygen atoms in total. The third kappa shape index (κ3) is 5.17. The summed E-state index contributed by atoms with van der Waals surface area (Å²) in [5.41, 5.74) is 1.55. The molecule has 7 heteroatoms. The zero-order valence-electron chi connectivity index (χ0n) is 14.9. The van der Waals surface area contributed by atoms with Gasteiger partial charge < -0.3 is 5.32 Å². The van der Waals surface area contributed by atoms with Crippen LogP contribution < -0.4 is 10.0 Å². The molecular formula is C21H19FN2O3S. The van der Waals surface area contributed by atoms with Gasteiger partial charge in [-0.2, -0.15) is 0 Å². The minimum absolute atomic E-state index is 0.143. The van der Waals surface area contributed by atoms with Gasteiger partial charge in [0.25, 0.3) is 15.9 Å². The van der Waals surface area contributed by atoms with Gasteiger partial charge in [-0.3, -0.25) is 9.52 Å². The van der Waals surface area contributed by atoms with Crippen molar-refractivity contribution in [3.8, 4) is 0 Å². The summed E-state index contributed by atoms with van der Waals surface area (Å²) >= 11 is 0. The fourth-order valence-corrected chi connectivity index (χ4v) is 3.68. The summed E-state index contributed by atoms with van der Waals surface area (Å²) in [6.45, 7) is 0.379. The molecule has 0 unspecified atom stereocenters. The number of carbonyl (C=O) groups is 1. The third-order valence-electron chi connectivity index (χ3n) is 4.04. The Morgan fingerprint density at radius 3 is 2.32 bits per heavy atom. The number of rotatable bonds is 7. The van der Waals surface area contributed by atoms with Crippen molar-refractivity contribution in [2.24, 2.45) is 0 Å². The van der Waals surface area contributed by atoms with Crippen LogP contribution in [0.15, 0.2) is 83.8 Å². The van der Waals surface area contributed by atoms with Crippen LogP contribution in [0.4, 0.5) is 10.1 Å². The van der Waals surface area contributed by atoms with Gasteiger partial charge in [-0.25, -0.2) is 12.8 Å². The Bertz CT molecular complexity index is 1050. The smallest absolute Gasteiger partial charge is 0.261 e. The van der Waals surface area contributed by atoms with Gasteiger partial charge in [-0.1, -0.05) is 36.4 Å². The summed E-state index contributed by atoms with van der Waals surface area (Å²) < 4.78 is 40.2. The average molecular weight is 398 g/mol. The first-order valence-corrected chi connectivity index (χ1v) is 10.1. The molecule has 0 saturated heterocycles. The van der Waals surface area contributed by atoms with Crippen molar-refractivity contribution in [1.82, 2.24) is 5.32 Å². The van der Waals surface area contributed by atoms with Crippen LogP contribution in [0.2, 0.25) is 0 Å². The number of hydrogen-bond donors (Lipinski definition) is 2. The van der Waals surface area contributed by atoms with E-state index in [0.29, 0.717) is 24.2 Å². The van der Waals surface area contributed by atoms with Crippen molar-refractivity contribution >= 4 is 21.6 Å². The molecule has 3 aromatic carbocycles. The first-order valence-electron chi connectivity index (χ1n) is 8.65. The summed E-state index contributed by atoms with van der Waals surface area (Å²) in [5.74, 6) is -0.620. The maximum absolute atomic E-state index is 12.9. The van der Waals surface area contributed by atoms with Gasteiger partial charge in [0, 0.05) is 17.8 Å². The third-order valence-corrected chi connectivity index (χ3v) is 5.44. The second kappa shape index (κ2) is 8.67. The van der Waals surface area contributed by atoms with Gasteiger partial charge in [0.1, 0.15) is 5.82 Å². The fraction of sp³-hybridized carbons (Fsp3) is 0.0952. The van der Waals surface area contributed by atoms with E-state index in [-0.39, 0.29) is 16.6 Å². The molecule has 0 aliphatic rings. The van der Waals surface area contributed by atoms with E-state index >= 15 is 0 Å². The lowest BCUT2D eigenvalue weighted by atomic mass is 10.1. The summed E-state index contributed by atoms with van der Waals surface area (Å²) in [5, 5.41) is 2.77. The van der Waals surface area contributed by atoms with Gasteiger partial charge in [0.2, 0.25) is 0 Å². The van der Waals surface area contributed by atoms with Crippen LogP contribution in [0.5, 0.6) is 0 Å². The van der Waals surface area contributed by atoms with Crippen LogP contribution in [0, 0.1) is 5.82 Å². The Morgan fingerprint density at radius 2 is 1.61 bits per heavy atom. The van der Waals surface area contributed by atoms with Crippen molar-refractivity contribution in [1.29, 1.82) is 0 Å². The second-order valence-electron chi connectivity index (χ2n) is 6.13. The van der Waals surface area contributed by atoms with E-state index < -0.39 is 10.0 Å². The zero-order chi connectivity index (χ0) is 20.0. The lowest BCUT2D eigenvalue weighted by molar-refractivity contribution is 0.0954. The van der Waals surface area contributed by atoms with Crippen LogP contribution in [-0.2, 0) is 16.4 Å². The Balaban J connectivity index is 1.62. The quantitative estimate of drug-likeness (QED) is 0.639. The number of carbonyl (C=O) groups excluding carboxylic acids is 1. The molecule has 0 radical (unpaired) electrons. The van der Waals surface area contributed by atoms with Gasteiger partial charge in [-0.05, 0) is 54.4 Å². The summed E-state index contributed by atoms with van der Waals surface area (Å²) in [6, 6.07) is 20.4. The number of amides is 1. The Morgan fingerprint density at radius 1 is 0.893 bits per heavy atom. The molecule has 0 spiro atoms. The molecule has 144 valence electrons. The van der Waals surface area contributed by atoms with Gasteiger partial charge in [0.15, 0.2) is 0 Å². The van der Waals surface area contributed by atoms with Crippen molar-refractivity contribution < 1.29 is 17.6 Å². The van der Waals surface area contributed by atoms with Crippen molar-refractivity contribution in [3.63, 3.8) is 0 Å². The molecule has 3 rings (SSSR count). The standard InChI is InChI=1S/C21H19FN2O3S/c22-18-11-9-16(10-12-18)13-14-23-21(25)17-5-4-6-19(15-17)24-28(26,27)20-7-2-1-3-8-20/h1-12,15,24H,13-14H2,(H,23,25). The molecule has 0 atom stereocenters. The van der Waals surface area contributed by atoms with E-state index in [1.54, 1.807) is 48.5 Å². The first-order chi connectivity index (χ1) is 13.4. The van der Waals surface area contributed by atoms with E-state index in [0.717, 1.165) is 5.56 Å². The second-order valence-corrected chi connectivity index (χ2v) is 7.81. The highest BCUT2D eigenvalue weighted by Gasteiger charge is 2.14. The molecule has 0 aliphatic heterocycles. The molecule has 0 saturated carbocycles. The summed E-state index contributed by atoms with van der Waals surface area (Å²) in [7, 11) is -3.72. The number of hydrogen-bond acceptors (Lipinski definition) is 3. The average Bonchev–Trinajstić information content (AvgIpc) is 2.70. The largest absolute Gasteiger partial charge is 0.352 e. The molecule has 0 fully saturated rings. The van der Waals surface area contributed by atoms with Crippen LogP contribution in [0.25, 0.3) is 0 Å². The molecule has 0 heterocycles. The maximum atomic E-state index is 12.9. The van der Waals surface area contributed by atoms with E-state index in [1.165, 1.54) is 30.3 Å². The summed E-state index contributed by atoms with van der Waals surface area (Å²) in [4.78, 5) is 12.5. The van der Waals surface area contributed by atoms with Crippen molar-refractivity contribution in [3.05, 3.63) is 95.8 Å². The number of nitrogens with one attached hydrogen (secondary N) is 2. The Labute approximate surface area is 163 Å². The molecule has 3 aromatic rings. The highest BCUT2D eigenvalue weighted by molar-refractivity contribution is 7.92.